The SMILES string of the molecule is CC1CCCN(Cc2c(C(=O)O)nc3c(F)cccn23)C1. The first kappa shape index (κ1) is 14.0. The third-order valence-electron chi connectivity index (χ3n) is 4.02. The largest absolute Gasteiger partial charge is 0.476 e. The number of hydrogen-bond donors (Lipinski definition) is 1. The van der Waals surface area contributed by atoms with Gasteiger partial charge in [0.15, 0.2) is 17.2 Å². The molecule has 112 valence electrons. The van der Waals surface area contributed by atoms with Gasteiger partial charge >= 0.3 is 5.97 Å². The number of aromatic carboxylic acids is 1. The quantitative estimate of drug-likeness (QED) is 0.943. The van der Waals surface area contributed by atoms with E-state index in [-0.39, 0.29) is 11.3 Å². The summed E-state index contributed by atoms with van der Waals surface area (Å²) in [4.78, 5) is 17.6. The number of carbonyl (C=O) groups is 1. The Morgan fingerprint density at radius 3 is 3.10 bits per heavy atom. The number of piperidine rings is 1. The monoisotopic (exact) mass is 291 g/mol. The van der Waals surface area contributed by atoms with Crippen molar-refractivity contribution in [2.75, 3.05) is 13.1 Å². The zero-order valence-corrected chi connectivity index (χ0v) is 11.9. The Morgan fingerprint density at radius 1 is 1.57 bits per heavy atom. The van der Waals surface area contributed by atoms with Gasteiger partial charge in [0, 0.05) is 19.3 Å². The zero-order chi connectivity index (χ0) is 15.0. The van der Waals surface area contributed by atoms with Crippen LogP contribution in [0.25, 0.3) is 5.65 Å². The lowest BCUT2D eigenvalue weighted by Gasteiger charge is -2.30. The number of imidazole rings is 1. The van der Waals surface area contributed by atoms with Crippen molar-refractivity contribution in [2.24, 2.45) is 5.92 Å². The summed E-state index contributed by atoms with van der Waals surface area (Å²) in [5, 5.41) is 9.32. The molecule has 0 amide bonds. The molecule has 2 aromatic rings. The Morgan fingerprint density at radius 2 is 2.38 bits per heavy atom. The van der Waals surface area contributed by atoms with E-state index in [9.17, 15) is 14.3 Å². The smallest absolute Gasteiger partial charge is 0.356 e. The average Bonchev–Trinajstić information content (AvgIpc) is 2.80. The lowest BCUT2D eigenvalue weighted by Crippen LogP contribution is -2.34. The van der Waals surface area contributed by atoms with Crippen molar-refractivity contribution in [1.82, 2.24) is 14.3 Å². The number of fused-ring (bicyclic) bond motifs is 1. The maximum atomic E-state index is 13.8. The van der Waals surface area contributed by atoms with Crippen molar-refractivity contribution < 1.29 is 14.3 Å². The summed E-state index contributed by atoms with van der Waals surface area (Å²) >= 11 is 0. The van der Waals surface area contributed by atoms with Crippen LogP contribution < -0.4 is 0 Å². The van der Waals surface area contributed by atoms with Crippen LogP contribution in [0.5, 0.6) is 0 Å². The van der Waals surface area contributed by atoms with Gasteiger partial charge < -0.3 is 5.11 Å². The lowest BCUT2D eigenvalue weighted by atomic mass is 10.0. The topological polar surface area (TPSA) is 57.8 Å². The Balaban J connectivity index is 2.01. The van der Waals surface area contributed by atoms with Crippen LogP contribution >= 0.6 is 0 Å². The molecule has 1 fully saturated rings. The summed E-state index contributed by atoms with van der Waals surface area (Å²) < 4.78 is 15.3. The highest BCUT2D eigenvalue weighted by molar-refractivity contribution is 5.88. The predicted molar refractivity (Wildman–Crippen MR) is 75.8 cm³/mol. The van der Waals surface area contributed by atoms with Crippen molar-refractivity contribution in [1.29, 1.82) is 0 Å². The average molecular weight is 291 g/mol. The van der Waals surface area contributed by atoms with Crippen LogP contribution in [0.4, 0.5) is 4.39 Å². The second kappa shape index (κ2) is 5.44. The van der Waals surface area contributed by atoms with Crippen LogP contribution in [-0.4, -0.2) is 38.4 Å². The third kappa shape index (κ3) is 2.63. The zero-order valence-electron chi connectivity index (χ0n) is 11.9. The molecule has 1 aliphatic rings. The highest BCUT2D eigenvalue weighted by Crippen LogP contribution is 2.21. The number of hydrogen-bond acceptors (Lipinski definition) is 3. The van der Waals surface area contributed by atoms with Crippen LogP contribution in [0.2, 0.25) is 0 Å². The molecule has 1 aliphatic heterocycles. The van der Waals surface area contributed by atoms with Gasteiger partial charge in [-0.15, -0.1) is 0 Å². The molecule has 1 atom stereocenters. The number of carboxylic acid groups (broad SMARTS) is 1. The second-order valence-corrected chi connectivity index (χ2v) is 5.74. The number of likely N-dealkylation sites (tertiary alicyclic amines) is 1. The van der Waals surface area contributed by atoms with E-state index in [0.717, 1.165) is 19.5 Å². The summed E-state index contributed by atoms with van der Waals surface area (Å²) in [5.41, 5.74) is 0.569. The number of carboxylic acids is 1. The molecule has 1 saturated heterocycles. The fourth-order valence-electron chi connectivity index (χ4n) is 3.05. The van der Waals surface area contributed by atoms with E-state index in [1.54, 1.807) is 16.7 Å². The predicted octanol–water partition coefficient (Wildman–Crippen LogP) is 2.40. The molecule has 3 rings (SSSR count). The summed E-state index contributed by atoms with van der Waals surface area (Å²) in [5.74, 6) is -1.01. The summed E-state index contributed by atoms with van der Waals surface area (Å²) in [7, 11) is 0. The van der Waals surface area contributed by atoms with Crippen LogP contribution in [-0.2, 0) is 6.54 Å². The maximum Gasteiger partial charge on any atom is 0.356 e. The molecule has 2 aromatic heterocycles. The van der Waals surface area contributed by atoms with Crippen molar-refractivity contribution in [3.63, 3.8) is 0 Å². The molecular formula is C15H18FN3O2. The second-order valence-electron chi connectivity index (χ2n) is 5.74. The molecule has 5 nitrogen and oxygen atoms in total. The highest BCUT2D eigenvalue weighted by atomic mass is 19.1. The first-order valence-corrected chi connectivity index (χ1v) is 7.17. The van der Waals surface area contributed by atoms with Gasteiger partial charge in [0.05, 0.1) is 5.69 Å². The van der Waals surface area contributed by atoms with E-state index in [1.165, 1.54) is 12.5 Å². The van der Waals surface area contributed by atoms with Crippen molar-refractivity contribution >= 4 is 11.6 Å². The molecule has 6 heteroatoms. The van der Waals surface area contributed by atoms with E-state index in [0.29, 0.717) is 18.2 Å². The summed E-state index contributed by atoms with van der Waals surface area (Å²) in [6.45, 7) is 4.54. The first-order chi connectivity index (χ1) is 10.1. The molecule has 0 saturated carbocycles. The summed E-state index contributed by atoms with van der Waals surface area (Å²) in [6.07, 6.45) is 3.97. The fraction of sp³-hybridized carbons (Fsp3) is 0.467. The van der Waals surface area contributed by atoms with E-state index in [4.69, 9.17) is 0 Å². The summed E-state index contributed by atoms with van der Waals surface area (Å²) in [6, 6.07) is 2.86. The highest BCUT2D eigenvalue weighted by Gasteiger charge is 2.24. The van der Waals surface area contributed by atoms with Crippen LogP contribution in [0.3, 0.4) is 0 Å². The van der Waals surface area contributed by atoms with Gasteiger partial charge in [0.2, 0.25) is 0 Å². The van der Waals surface area contributed by atoms with Crippen LogP contribution in [0, 0.1) is 11.7 Å². The third-order valence-corrected chi connectivity index (χ3v) is 4.02. The molecule has 0 aliphatic carbocycles. The van der Waals surface area contributed by atoms with Crippen molar-refractivity contribution in [3.8, 4) is 0 Å². The molecule has 3 heterocycles. The molecule has 0 spiro atoms. The van der Waals surface area contributed by atoms with Gasteiger partial charge in [-0.25, -0.2) is 14.2 Å². The van der Waals surface area contributed by atoms with E-state index in [1.807, 2.05) is 0 Å². The molecule has 0 radical (unpaired) electrons. The van der Waals surface area contributed by atoms with Gasteiger partial charge in [0.1, 0.15) is 0 Å². The molecule has 0 bridgehead atoms. The van der Waals surface area contributed by atoms with E-state index in [2.05, 4.69) is 16.8 Å². The number of pyridine rings is 1. The Labute approximate surface area is 122 Å². The molecule has 1 N–H and O–H groups in total. The van der Waals surface area contributed by atoms with Gasteiger partial charge in [-0.05, 0) is 37.4 Å². The number of halogens is 1. The minimum Gasteiger partial charge on any atom is -0.476 e. The minimum absolute atomic E-state index is 0.0571. The normalized spacial score (nSPS) is 20.0. The molecular weight excluding hydrogens is 273 g/mol. The first-order valence-electron chi connectivity index (χ1n) is 7.17. The lowest BCUT2D eigenvalue weighted by molar-refractivity contribution is 0.0687. The Hall–Kier alpha value is -1.95. The van der Waals surface area contributed by atoms with Crippen LogP contribution in [0.15, 0.2) is 18.3 Å². The van der Waals surface area contributed by atoms with Crippen molar-refractivity contribution in [2.45, 2.75) is 26.3 Å². The van der Waals surface area contributed by atoms with Crippen LogP contribution in [0.1, 0.15) is 35.9 Å². The number of aromatic nitrogens is 2. The van der Waals surface area contributed by atoms with Crippen molar-refractivity contribution in [3.05, 3.63) is 35.5 Å². The standard InChI is InChI=1S/C15H18FN3O2/c1-10-4-2-6-18(8-10)9-12-13(15(20)21)17-14-11(16)5-3-7-19(12)14/h3,5,7,10H,2,4,6,8-9H2,1H3,(H,20,21). The van der Waals surface area contributed by atoms with Gasteiger partial charge in [-0.3, -0.25) is 9.30 Å². The van der Waals surface area contributed by atoms with Gasteiger partial charge in [-0.2, -0.15) is 0 Å². The molecule has 0 aromatic carbocycles. The van der Waals surface area contributed by atoms with Gasteiger partial charge in [-0.1, -0.05) is 6.92 Å². The minimum atomic E-state index is -1.11. The van der Waals surface area contributed by atoms with E-state index < -0.39 is 11.8 Å². The maximum absolute atomic E-state index is 13.8. The molecule has 21 heavy (non-hydrogen) atoms. The number of rotatable bonds is 3. The fourth-order valence-corrected chi connectivity index (χ4v) is 3.05. The Kier molecular flexibility index (Phi) is 3.63. The molecule has 1 unspecified atom stereocenters. The Bertz CT molecular complexity index is 683. The number of nitrogens with zero attached hydrogens (tertiary/aromatic N) is 3. The van der Waals surface area contributed by atoms with Gasteiger partial charge in [0.25, 0.3) is 0 Å². The van der Waals surface area contributed by atoms with E-state index >= 15 is 0 Å².